The first kappa shape index (κ1) is 14.3. The maximum Gasteiger partial charge on any atom is 0.121 e. The van der Waals surface area contributed by atoms with Crippen molar-refractivity contribution in [2.24, 2.45) is 0 Å². The van der Waals surface area contributed by atoms with E-state index in [9.17, 15) is 10.2 Å². The second-order valence-electron chi connectivity index (χ2n) is 5.11. The average Bonchev–Trinajstić information content (AvgIpc) is 3.04. The molecule has 0 aliphatic carbocycles. The molecule has 0 saturated carbocycles. The standard InChI is InChI=1S/C17H17N3O2/c21-12-14-10-13(7-9-17(14)22)6-8-15-11-20(19-18-15)16-4-2-1-3-5-16/h1-5,7,9-11,21-22H,6,8,12H2. The molecule has 3 rings (SSSR count). The highest BCUT2D eigenvalue weighted by Gasteiger charge is 2.05. The molecule has 0 radical (unpaired) electrons. The number of nitrogens with zero attached hydrogens (tertiary/aromatic N) is 3. The number of aliphatic hydroxyl groups is 1. The summed E-state index contributed by atoms with van der Waals surface area (Å²) in [6, 6.07) is 15.1. The van der Waals surface area contributed by atoms with Crippen molar-refractivity contribution in [3.8, 4) is 11.4 Å². The van der Waals surface area contributed by atoms with Gasteiger partial charge in [0.1, 0.15) is 5.75 Å². The van der Waals surface area contributed by atoms with Crippen LogP contribution in [0.3, 0.4) is 0 Å². The lowest BCUT2D eigenvalue weighted by molar-refractivity contribution is 0.275. The monoisotopic (exact) mass is 295 g/mol. The van der Waals surface area contributed by atoms with Crippen LogP contribution in [-0.4, -0.2) is 25.2 Å². The summed E-state index contributed by atoms with van der Waals surface area (Å²) >= 11 is 0. The van der Waals surface area contributed by atoms with Crippen molar-refractivity contribution < 1.29 is 10.2 Å². The van der Waals surface area contributed by atoms with Gasteiger partial charge in [-0.2, -0.15) is 0 Å². The second kappa shape index (κ2) is 6.41. The van der Waals surface area contributed by atoms with E-state index in [1.54, 1.807) is 10.7 Å². The fourth-order valence-corrected chi connectivity index (χ4v) is 2.31. The maximum absolute atomic E-state index is 9.56. The van der Waals surface area contributed by atoms with Crippen molar-refractivity contribution >= 4 is 0 Å². The number of hydrogen-bond acceptors (Lipinski definition) is 4. The van der Waals surface area contributed by atoms with E-state index in [4.69, 9.17) is 0 Å². The van der Waals surface area contributed by atoms with Gasteiger partial charge in [-0.3, -0.25) is 0 Å². The minimum atomic E-state index is -0.163. The number of hydrogen-bond donors (Lipinski definition) is 2. The van der Waals surface area contributed by atoms with E-state index in [1.807, 2.05) is 48.7 Å². The lowest BCUT2D eigenvalue weighted by atomic mass is 10.0. The van der Waals surface area contributed by atoms with Crippen LogP contribution in [0.15, 0.2) is 54.7 Å². The third kappa shape index (κ3) is 3.15. The van der Waals surface area contributed by atoms with Crippen LogP contribution >= 0.6 is 0 Å². The summed E-state index contributed by atoms with van der Waals surface area (Å²) in [5.74, 6) is 0.126. The molecule has 112 valence electrons. The van der Waals surface area contributed by atoms with Gasteiger partial charge >= 0.3 is 0 Å². The molecule has 0 aliphatic rings. The van der Waals surface area contributed by atoms with Crippen molar-refractivity contribution in [3.63, 3.8) is 0 Å². The topological polar surface area (TPSA) is 71.2 Å². The molecule has 0 unspecified atom stereocenters. The fourth-order valence-electron chi connectivity index (χ4n) is 2.31. The van der Waals surface area contributed by atoms with E-state index < -0.39 is 0 Å². The van der Waals surface area contributed by atoms with E-state index in [0.29, 0.717) is 5.56 Å². The van der Waals surface area contributed by atoms with Gasteiger partial charge in [0.25, 0.3) is 0 Å². The van der Waals surface area contributed by atoms with Gasteiger partial charge in [-0.15, -0.1) is 5.10 Å². The third-order valence-corrected chi connectivity index (χ3v) is 3.55. The van der Waals surface area contributed by atoms with Crippen molar-refractivity contribution in [1.82, 2.24) is 15.0 Å². The second-order valence-corrected chi connectivity index (χ2v) is 5.11. The lowest BCUT2D eigenvalue weighted by Gasteiger charge is -2.04. The van der Waals surface area contributed by atoms with Gasteiger partial charge in [0.2, 0.25) is 0 Å². The van der Waals surface area contributed by atoms with E-state index in [2.05, 4.69) is 10.3 Å². The molecule has 5 heteroatoms. The molecule has 1 heterocycles. The number of aliphatic hydroxyl groups excluding tert-OH is 1. The SMILES string of the molecule is OCc1cc(CCc2cn(-c3ccccc3)nn2)ccc1O. The summed E-state index contributed by atoms with van der Waals surface area (Å²) in [5.41, 5.74) is 3.48. The number of aromatic nitrogens is 3. The minimum absolute atomic E-state index is 0.126. The number of phenols is 1. The Hall–Kier alpha value is -2.66. The number of para-hydroxylation sites is 1. The van der Waals surface area contributed by atoms with Crippen LogP contribution in [0.5, 0.6) is 5.75 Å². The van der Waals surface area contributed by atoms with Gasteiger partial charge < -0.3 is 10.2 Å². The molecule has 0 saturated heterocycles. The number of rotatable bonds is 5. The highest BCUT2D eigenvalue weighted by molar-refractivity contribution is 5.36. The van der Waals surface area contributed by atoms with Gasteiger partial charge in [-0.25, -0.2) is 4.68 Å². The van der Waals surface area contributed by atoms with Crippen LogP contribution < -0.4 is 0 Å². The van der Waals surface area contributed by atoms with Crippen LogP contribution in [0.1, 0.15) is 16.8 Å². The van der Waals surface area contributed by atoms with Gasteiger partial charge in [-0.1, -0.05) is 29.5 Å². The largest absolute Gasteiger partial charge is 0.508 e. The van der Waals surface area contributed by atoms with Crippen LogP contribution in [-0.2, 0) is 19.4 Å². The molecule has 0 atom stereocenters. The van der Waals surface area contributed by atoms with E-state index in [-0.39, 0.29) is 12.4 Å². The van der Waals surface area contributed by atoms with E-state index in [0.717, 1.165) is 29.8 Å². The Labute approximate surface area is 128 Å². The quantitative estimate of drug-likeness (QED) is 0.757. The zero-order chi connectivity index (χ0) is 15.4. The number of benzene rings is 2. The van der Waals surface area contributed by atoms with Crippen LogP contribution in [0, 0.1) is 0 Å². The van der Waals surface area contributed by atoms with E-state index >= 15 is 0 Å². The average molecular weight is 295 g/mol. The lowest BCUT2D eigenvalue weighted by Crippen LogP contribution is -1.94. The molecule has 0 fully saturated rings. The predicted molar refractivity (Wildman–Crippen MR) is 82.8 cm³/mol. The minimum Gasteiger partial charge on any atom is -0.508 e. The first-order chi connectivity index (χ1) is 10.8. The first-order valence-corrected chi connectivity index (χ1v) is 7.14. The van der Waals surface area contributed by atoms with Gasteiger partial charge in [-0.05, 0) is 42.7 Å². The smallest absolute Gasteiger partial charge is 0.121 e. The molecule has 2 N–H and O–H groups in total. The van der Waals surface area contributed by atoms with Crippen LogP contribution in [0.25, 0.3) is 5.69 Å². The van der Waals surface area contributed by atoms with Crippen molar-refractivity contribution in [2.75, 3.05) is 0 Å². The fraction of sp³-hybridized carbons (Fsp3) is 0.176. The molecular formula is C17H17N3O2. The summed E-state index contributed by atoms with van der Waals surface area (Å²) in [4.78, 5) is 0. The summed E-state index contributed by atoms with van der Waals surface area (Å²) in [5, 5.41) is 27.1. The van der Waals surface area contributed by atoms with Crippen molar-refractivity contribution in [1.29, 1.82) is 0 Å². The summed E-state index contributed by atoms with van der Waals surface area (Å²) < 4.78 is 1.76. The molecule has 22 heavy (non-hydrogen) atoms. The Morgan fingerprint density at radius 2 is 1.82 bits per heavy atom. The van der Waals surface area contributed by atoms with Crippen LogP contribution in [0.4, 0.5) is 0 Å². The molecule has 2 aromatic carbocycles. The molecule has 5 nitrogen and oxygen atoms in total. The van der Waals surface area contributed by atoms with Gasteiger partial charge in [0.15, 0.2) is 0 Å². The zero-order valence-corrected chi connectivity index (χ0v) is 12.1. The Balaban J connectivity index is 1.69. The van der Waals surface area contributed by atoms with Crippen LogP contribution in [0.2, 0.25) is 0 Å². The Bertz CT molecular complexity index is 754. The number of aryl methyl sites for hydroxylation is 2. The number of aromatic hydroxyl groups is 1. The Morgan fingerprint density at radius 3 is 2.59 bits per heavy atom. The highest BCUT2D eigenvalue weighted by atomic mass is 16.3. The molecule has 1 aromatic heterocycles. The normalized spacial score (nSPS) is 10.8. The predicted octanol–water partition coefficient (Wildman–Crippen LogP) is 2.25. The summed E-state index contributed by atoms with van der Waals surface area (Å²) in [6.07, 6.45) is 3.45. The van der Waals surface area contributed by atoms with Crippen molar-refractivity contribution in [3.05, 3.63) is 71.5 Å². The molecule has 0 bridgehead atoms. The third-order valence-electron chi connectivity index (χ3n) is 3.55. The Morgan fingerprint density at radius 1 is 1.00 bits per heavy atom. The van der Waals surface area contributed by atoms with E-state index in [1.165, 1.54) is 0 Å². The molecule has 0 amide bonds. The molecule has 0 spiro atoms. The molecular weight excluding hydrogens is 278 g/mol. The Kier molecular flexibility index (Phi) is 4.16. The summed E-state index contributed by atoms with van der Waals surface area (Å²) in [6.45, 7) is -0.163. The molecule has 3 aromatic rings. The maximum atomic E-state index is 9.56. The first-order valence-electron chi connectivity index (χ1n) is 7.14. The highest BCUT2D eigenvalue weighted by Crippen LogP contribution is 2.19. The summed E-state index contributed by atoms with van der Waals surface area (Å²) in [7, 11) is 0. The van der Waals surface area contributed by atoms with Crippen molar-refractivity contribution in [2.45, 2.75) is 19.4 Å². The van der Waals surface area contributed by atoms with Gasteiger partial charge in [0.05, 0.1) is 24.2 Å². The van der Waals surface area contributed by atoms with Gasteiger partial charge in [0, 0.05) is 5.56 Å². The molecule has 0 aliphatic heterocycles. The zero-order valence-electron chi connectivity index (χ0n) is 12.1.